The Labute approximate surface area is 109 Å². The highest BCUT2D eigenvalue weighted by Crippen LogP contribution is 2.22. The maximum absolute atomic E-state index is 11.7. The summed E-state index contributed by atoms with van der Waals surface area (Å²) < 4.78 is 1.23. The van der Waals surface area contributed by atoms with E-state index in [4.69, 9.17) is 17.3 Å². The molecule has 0 aliphatic carbocycles. The van der Waals surface area contributed by atoms with E-state index in [9.17, 15) is 9.59 Å². The first-order valence-electron chi connectivity index (χ1n) is 4.57. The number of para-hydroxylation sites is 1. The predicted molar refractivity (Wildman–Crippen MR) is 69.8 cm³/mol. The van der Waals surface area contributed by atoms with Gasteiger partial charge in [-0.05, 0) is 28.1 Å². The Morgan fingerprint density at radius 1 is 1.29 bits per heavy atom. The first-order valence-corrected chi connectivity index (χ1v) is 5.74. The fraction of sp³-hybridized carbons (Fsp3) is 0. The molecule has 0 atom stereocenters. The average Bonchev–Trinajstić information content (AvgIpc) is 2.29. The van der Waals surface area contributed by atoms with Crippen molar-refractivity contribution in [2.24, 2.45) is 0 Å². The maximum Gasteiger partial charge on any atom is 0.334 e. The Bertz CT molecular complexity index is 693. The highest BCUT2D eigenvalue weighted by molar-refractivity contribution is 9.10. The van der Waals surface area contributed by atoms with E-state index < -0.39 is 11.2 Å². The molecule has 2 aromatic rings. The number of nitrogens with two attached hydrogens (primary N) is 1. The van der Waals surface area contributed by atoms with Crippen LogP contribution in [0.2, 0.25) is 5.02 Å². The molecule has 0 spiro atoms. The van der Waals surface area contributed by atoms with E-state index in [0.29, 0.717) is 10.7 Å². The van der Waals surface area contributed by atoms with Crippen molar-refractivity contribution in [2.75, 3.05) is 5.73 Å². The lowest BCUT2D eigenvalue weighted by Gasteiger charge is -2.11. The summed E-state index contributed by atoms with van der Waals surface area (Å²) in [6.07, 6.45) is 0. The van der Waals surface area contributed by atoms with Crippen molar-refractivity contribution in [3.05, 3.63) is 54.6 Å². The number of halogens is 2. The van der Waals surface area contributed by atoms with Gasteiger partial charge < -0.3 is 5.73 Å². The first-order chi connectivity index (χ1) is 8.02. The Hall–Kier alpha value is -1.53. The van der Waals surface area contributed by atoms with Crippen molar-refractivity contribution in [2.45, 2.75) is 0 Å². The molecule has 0 fully saturated rings. The third-order valence-electron chi connectivity index (χ3n) is 2.18. The maximum atomic E-state index is 11.7. The molecule has 1 heterocycles. The van der Waals surface area contributed by atoms with E-state index in [2.05, 4.69) is 20.9 Å². The molecule has 1 aromatic heterocycles. The monoisotopic (exact) mass is 315 g/mol. The minimum atomic E-state index is -0.635. The number of aromatic amines is 1. The Kier molecular flexibility index (Phi) is 3.08. The molecular formula is C10H7BrClN3O2. The van der Waals surface area contributed by atoms with Gasteiger partial charge in [0.05, 0.1) is 10.7 Å². The lowest BCUT2D eigenvalue weighted by atomic mass is 10.3. The molecule has 0 aliphatic heterocycles. The van der Waals surface area contributed by atoms with E-state index in [0.717, 1.165) is 4.57 Å². The summed E-state index contributed by atoms with van der Waals surface area (Å²) in [5.41, 5.74) is 4.92. The van der Waals surface area contributed by atoms with Gasteiger partial charge in [-0.1, -0.05) is 23.7 Å². The molecule has 0 radical (unpaired) electrons. The molecule has 0 aliphatic rings. The van der Waals surface area contributed by atoms with Gasteiger partial charge in [-0.3, -0.25) is 9.78 Å². The number of hydrogen-bond acceptors (Lipinski definition) is 3. The van der Waals surface area contributed by atoms with Crippen molar-refractivity contribution in [3.8, 4) is 5.69 Å². The van der Waals surface area contributed by atoms with Gasteiger partial charge in [0.1, 0.15) is 10.3 Å². The van der Waals surface area contributed by atoms with E-state index in [1.165, 1.54) is 0 Å². The van der Waals surface area contributed by atoms with Crippen LogP contribution in [0.1, 0.15) is 0 Å². The molecule has 5 nitrogen and oxygen atoms in total. The van der Waals surface area contributed by atoms with Crippen LogP contribution in [0.4, 0.5) is 5.82 Å². The molecule has 2 rings (SSSR count). The number of benzene rings is 1. The second-order valence-electron chi connectivity index (χ2n) is 3.25. The van der Waals surface area contributed by atoms with Gasteiger partial charge in [0, 0.05) is 0 Å². The van der Waals surface area contributed by atoms with Gasteiger partial charge in [-0.25, -0.2) is 9.36 Å². The highest BCUT2D eigenvalue weighted by Gasteiger charge is 2.13. The number of aromatic nitrogens is 2. The van der Waals surface area contributed by atoms with Crippen molar-refractivity contribution < 1.29 is 0 Å². The molecule has 0 amide bonds. The molecule has 7 heteroatoms. The lowest BCUT2D eigenvalue weighted by Crippen LogP contribution is -2.31. The Morgan fingerprint density at radius 3 is 2.59 bits per heavy atom. The van der Waals surface area contributed by atoms with Crippen molar-refractivity contribution in [3.63, 3.8) is 0 Å². The van der Waals surface area contributed by atoms with Crippen LogP contribution in [-0.4, -0.2) is 9.55 Å². The normalized spacial score (nSPS) is 10.5. The van der Waals surface area contributed by atoms with Crippen LogP contribution in [0.25, 0.3) is 5.69 Å². The van der Waals surface area contributed by atoms with Crippen molar-refractivity contribution in [1.29, 1.82) is 0 Å². The number of nitrogens with one attached hydrogen (secondary N) is 1. The van der Waals surface area contributed by atoms with Gasteiger partial charge in [-0.2, -0.15) is 0 Å². The third kappa shape index (κ3) is 2.01. The predicted octanol–water partition coefficient (Wildman–Crippen LogP) is 1.52. The van der Waals surface area contributed by atoms with E-state index >= 15 is 0 Å². The quantitative estimate of drug-likeness (QED) is 0.837. The first kappa shape index (κ1) is 11.9. The topological polar surface area (TPSA) is 80.9 Å². The SMILES string of the molecule is Nc1c(Br)c(=O)[nH]c(=O)n1-c1ccccc1Cl. The smallest absolute Gasteiger partial charge is 0.334 e. The zero-order valence-electron chi connectivity index (χ0n) is 8.41. The van der Waals surface area contributed by atoms with Crippen LogP contribution < -0.4 is 17.0 Å². The second-order valence-corrected chi connectivity index (χ2v) is 4.45. The summed E-state index contributed by atoms with van der Waals surface area (Å²) >= 11 is 8.99. The molecule has 0 saturated heterocycles. The molecule has 0 bridgehead atoms. The summed E-state index contributed by atoms with van der Waals surface area (Å²) in [4.78, 5) is 25.2. The zero-order chi connectivity index (χ0) is 12.6. The second kappa shape index (κ2) is 4.38. The number of nitrogen functional groups attached to an aromatic ring is 1. The van der Waals surface area contributed by atoms with Gasteiger partial charge in [-0.15, -0.1) is 0 Å². The van der Waals surface area contributed by atoms with Crippen molar-refractivity contribution in [1.82, 2.24) is 9.55 Å². The number of anilines is 1. The zero-order valence-corrected chi connectivity index (χ0v) is 10.7. The molecule has 3 N–H and O–H groups in total. The van der Waals surface area contributed by atoms with E-state index in [1.807, 2.05) is 0 Å². The van der Waals surface area contributed by atoms with E-state index in [-0.39, 0.29) is 10.3 Å². The summed E-state index contributed by atoms with van der Waals surface area (Å²) in [5, 5.41) is 0.361. The van der Waals surface area contributed by atoms with Crippen LogP contribution in [0.15, 0.2) is 38.3 Å². The fourth-order valence-electron chi connectivity index (χ4n) is 1.40. The molecule has 0 saturated carbocycles. The number of H-pyrrole nitrogens is 1. The summed E-state index contributed by atoms with van der Waals surface area (Å²) in [5.74, 6) is 0.00634. The summed E-state index contributed by atoms with van der Waals surface area (Å²) in [6.45, 7) is 0. The minimum absolute atomic E-state index is 0.00634. The standard InChI is InChI=1S/C10H7BrClN3O2/c11-7-8(13)15(10(17)14-9(7)16)6-4-2-1-3-5(6)12/h1-4H,13H2,(H,14,16,17). The van der Waals surface area contributed by atoms with Crippen LogP contribution in [0.3, 0.4) is 0 Å². The molecule has 88 valence electrons. The Morgan fingerprint density at radius 2 is 1.94 bits per heavy atom. The van der Waals surface area contributed by atoms with Crippen LogP contribution in [0, 0.1) is 0 Å². The Balaban J connectivity index is 2.87. The van der Waals surface area contributed by atoms with Gasteiger partial charge in [0.25, 0.3) is 5.56 Å². The lowest BCUT2D eigenvalue weighted by molar-refractivity contribution is 0.900. The van der Waals surface area contributed by atoms with Crippen molar-refractivity contribution >= 4 is 33.3 Å². The molecular weight excluding hydrogens is 309 g/mol. The minimum Gasteiger partial charge on any atom is -0.384 e. The number of nitrogens with zero attached hydrogens (tertiary/aromatic N) is 1. The summed E-state index contributed by atoms with van der Waals surface area (Å²) in [7, 11) is 0. The molecule has 1 aromatic carbocycles. The van der Waals surface area contributed by atoms with Crippen LogP contribution >= 0.6 is 27.5 Å². The largest absolute Gasteiger partial charge is 0.384 e. The van der Waals surface area contributed by atoms with Gasteiger partial charge >= 0.3 is 5.69 Å². The summed E-state index contributed by atoms with van der Waals surface area (Å²) in [6, 6.07) is 6.70. The fourth-order valence-corrected chi connectivity index (χ4v) is 1.90. The van der Waals surface area contributed by atoms with E-state index in [1.54, 1.807) is 24.3 Å². The molecule has 17 heavy (non-hydrogen) atoms. The number of rotatable bonds is 1. The average molecular weight is 317 g/mol. The number of hydrogen-bond donors (Lipinski definition) is 2. The molecule has 0 unspecified atom stereocenters. The van der Waals surface area contributed by atoms with Crippen LogP contribution in [0.5, 0.6) is 0 Å². The highest BCUT2D eigenvalue weighted by atomic mass is 79.9. The third-order valence-corrected chi connectivity index (χ3v) is 3.27. The van der Waals surface area contributed by atoms with Gasteiger partial charge in [0.15, 0.2) is 0 Å². The van der Waals surface area contributed by atoms with Gasteiger partial charge in [0.2, 0.25) is 0 Å². The van der Waals surface area contributed by atoms with Crippen LogP contribution in [-0.2, 0) is 0 Å².